The van der Waals surface area contributed by atoms with E-state index in [-0.39, 0.29) is 22.0 Å². The first-order valence-corrected chi connectivity index (χ1v) is 8.38. The highest BCUT2D eigenvalue weighted by atomic mass is 35.5. The molecule has 114 valence electrons. The quantitative estimate of drug-likeness (QED) is 0.865. The fourth-order valence-electron chi connectivity index (χ4n) is 2.02. The minimum Gasteiger partial charge on any atom is -0.379 e. The van der Waals surface area contributed by atoms with E-state index in [9.17, 15) is 8.42 Å². The van der Waals surface area contributed by atoms with Crippen LogP contribution in [0.5, 0.6) is 0 Å². The molecule has 1 fully saturated rings. The normalized spacial score (nSPS) is 16.6. The van der Waals surface area contributed by atoms with Gasteiger partial charge >= 0.3 is 0 Å². The summed E-state index contributed by atoms with van der Waals surface area (Å²) in [6.45, 7) is 3.83. The second-order valence-corrected chi connectivity index (χ2v) is 6.75. The van der Waals surface area contributed by atoms with Gasteiger partial charge in [-0.15, -0.1) is 0 Å². The van der Waals surface area contributed by atoms with E-state index in [1.165, 1.54) is 18.2 Å². The Morgan fingerprint density at radius 3 is 2.76 bits per heavy atom. The van der Waals surface area contributed by atoms with Crippen LogP contribution in [0.3, 0.4) is 0 Å². The van der Waals surface area contributed by atoms with Gasteiger partial charge in [0, 0.05) is 26.2 Å². The Morgan fingerprint density at radius 1 is 1.38 bits per heavy atom. The van der Waals surface area contributed by atoms with Crippen LogP contribution in [0.15, 0.2) is 23.1 Å². The summed E-state index contributed by atoms with van der Waals surface area (Å²) in [7, 11) is -3.72. The second kappa shape index (κ2) is 7.20. The highest BCUT2D eigenvalue weighted by Gasteiger charge is 2.19. The van der Waals surface area contributed by atoms with Crippen LogP contribution < -0.4 is 4.72 Å². The zero-order valence-electron chi connectivity index (χ0n) is 11.4. The third kappa shape index (κ3) is 4.40. The van der Waals surface area contributed by atoms with Gasteiger partial charge in [-0.1, -0.05) is 11.6 Å². The number of nitrogens with one attached hydrogen (secondary N) is 1. The second-order valence-electron chi connectivity index (χ2n) is 4.61. The van der Waals surface area contributed by atoms with E-state index in [1.54, 1.807) is 0 Å². The predicted octanol–water partition coefficient (Wildman–Crippen LogP) is 0.822. The minimum atomic E-state index is -3.72. The summed E-state index contributed by atoms with van der Waals surface area (Å²) < 4.78 is 32.2. The van der Waals surface area contributed by atoms with Crippen molar-refractivity contribution in [3.05, 3.63) is 28.8 Å². The Kier molecular flexibility index (Phi) is 5.56. The summed E-state index contributed by atoms with van der Waals surface area (Å²) in [5, 5.41) is 8.94. The van der Waals surface area contributed by atoms with Gasteiger partial charge in [0.2, 0.25) is 10.0 Å². The molecule has 1 aromatic rings. The van der Waals surface area contributed by atoms with Gasteiger partial charge < -0.3 is 4.74 Å². The van der Waals surface area contributed by atoms with E-state index < -0.39 is 10.0 Å². The average Bonchev–Trinajstić information content (AvgIpc) is 2.48. The van der Waals surface area contributed by atoms with Crippen LogP contribution in [0.1, 0.15) is 5.56 Å². The van der Waals surface area contributed by atoms with Crippen molar-refractivity contribution in [1.29, 1.82) is 5.26 Å². The van der Waals surface area contributed by atoms with Gasteiger partial charge in [-0.05, 0) is 18.2 Å². The molecule has 0 unspecified atom stereocenters. The number of hydrogen-bond acceptors (Lipinski definition) is 5. The van der Waals surface area contributed by atoms with Crippen molar-refractivity contribution in [3.63, 3.8) is 0 Å². The molecular weight excluding hydrogens is 314 g/mol. The van der Waals surface area contributed by atoms with E-state index in [4.69, 9.17) is 21.6 Å². The molecule has 0 bridgehead atoms. The van der Waals surface area contributed by atoms with E-state index in [1.807, 2.05) is 6.07 Å². The van der Waals surface area contributed by atoms with Gasteiger partial charge in [0.1, 0.15) is 4.90 Å². The molecule has 1 heterocycles. The summed E-state index contributed by atoms with van der Waals surface area (Å²) >= 11 is 5.91. The molecule has 0 aliphatic carbocycles. The summed E-state index contributed by atoms with van der Waals surface area (Å²) in [6.07, 6.45) is 0. The summed E-state index contributed by atoms with van der Waals surface area (Å²) in [4.78, 5) is 2.06. The largest absolute Gasteiger partial charge is 0.379 e. The molecule has 1 aromatic carbocycles. The highest BCUT2D eigenvalue weighted by Crippen LogP contribution is 2.22. The number of hydrogen-bond donors (Lipinski definition) is 1. The number of sulfonamides is 1. The zero-order valence-corrected chi connectivity index (χ0v) is 13.0. The Balaban J connectivity index is 1.99. The number of benzene rings is 1. The van der Waals surface area contributed by atoms with Crippen LogP contribution in [-0.4, -0.2) is 52.7 Å². The summed E-state index contributed by atoms with van der Waals surface area (Å²) in [5.74, 6) is 0. The van der Waals surface area contributed by atoms with Gasteiger partial charge in [0.05, 0.1) is 29.9 Å². The molecule has 6 nitrogen and oxygen atoms in total. The number of halogens is 1. The molecule has 0 saturated carbocycles. The Labute approximate surface area is 129 Å². The fourth-order valence-corrected chi connectivity index (χ4v) is 3.56. The molecule has 1 aliphatic heterocycles. The Hall–Kier alpha value is -1.17. The standard InChI is InChI=1S/C13H16ClN3O3S/c14-12-2-1-11(10-15)9-13(12)21(18,19)16-3-4-17-5-7-20-8-6-17/h1-2,9,16H,3-8H2. The van der Waals surface area contributed by atoms with Crippen LogP contribution in [0.4, 0.5) is 0 Å². The SMILES string of the molecule is N#Cc1ccc(Cl)c(S(=O)(=O)NCCN2CCOCC2)c1. The molecule has 21 heavy (non-hydrogen) atoms. The van der Waals surface area contributed by atoms with Crippen molar-refractivity contribution in [2.75, 3.05) is 39.4 Å². The van der Waals surface area contributed by atoms with Crippen molar-refractivity contribution >= 4 is 21.6 Å². The van der Waals surface area contributed by atoms with Gasteiger partial charge in [-0.3, -0.25) is 4.90 Å². The van der Waals surface area contributed by atoms with Crippen molar-refractivity contribution in [2.45, 2.75) is 4.90 Å². The van der Waals surface area contributed by atoms with Crippen molar-refractivity contribution < 1.29 is 13.2 Å². The lowest BCUT2D eigenvalue weighted by atomic mass is 10.2. The fraction of sp³-hybridized carbons (Fsp3) is 0.462. The summed E-state index contributed by atoms with van der Waals surface area (Å²) in [5.41, 5.74) is 0.257. The predicted molar refractivity (Wildman–Crippen MR) is 78.6 cm³/mol. The monoisotopic (exact) mass is 329 g/mol. The van der Waals surface area contributed by atoms with Crippen molar-refractivity contribution in [3.8, 4) is 6.07 Å². The highest BCUT2D eigenvalue weighted by molar-refractivity contribution is 7.89. The van der Waals surface area contributed by atoms with Crippen molar-refractivity contribution in [1.82, 2.24) is 9.62 Å². The molecule has 1 aliphatic rings. The van der Waals surface area contributed by atoms with E-state index >= 15 is 0 Å². The van der Waals surface area contributed by atoms with Crippen LogP contribution in [0.25, 0.3) is 0 Å². The van der Waals surface area contributed by atoms with Gasteiger partial charge in [-0.25, -0.2) is 13.1 Å². The lowest BCUT2D eigenvalue weighted by molar-refractivity contribution is 0.0390. The minimum absolute atomic E-state index is 0.0646. The maximum Gasteiger partial charge on any atom is 0.242 e. The molecule has 0 amide bonds. The van der Waals surface area contributed by atoms with Crippen LogP contribution in [0.2, 0.25) is 5.02 Å². The van der Waals surface area contributed by atoms with Gasteiger partial charge in [0.25, 0.3) is 0 Å². The molecule has 1 saturated heterocycles. The number of ether oxygens (including phenoxy) is 1. The Morgan fingerprint density at radius 2 is 2.10 bits per heavy atom. The van der Waals surface area contributed by atoms with Gasteiger partial charge in [0.15, 0.2) is 0 Å². The van der Waals surface area contributed by atoms with Gasteiger partial charge in [-0.2, -0.15) is 5.26 Å². The first-order chi connectivity index (χ1) is 10.0. The number of nitrogens with zero attached hydrogens (tertiary/aromatic N) is 2. The first-order valence-electron chi connectivity index (χ1n) is 6.52. The molecule has 0 spiro atoms. The van der Waals surface area contributed by atoms with E-state index in [0.29, 0.717) is 19.8 Å². The van der Waals surface area contributed by atoms with E-state index in [2.05, 4.69) is 9.62 Å². The Bertz CT molecular complexity index is 637. The molecule has 8 heteroatoms. The van der Waals surface area contributed by atoms with E-state index in [0.717, 1.165) is 13.1 Å². The van der Waals surface area contributed by atoms with Crippen molar-refractivity contribution in [2.24, 2.45) is 0 Å². The molecule has 2 rings (SSSR count). The lowest BCUT2D eigenvalue weighted by Crippen LogP contribution is -2.41. The number of rotatable bonds is 5. The van der Waals surface area contributed by atoms with Crippen LogP contribution in [0, 0.1) is 11.3 Å². The summed E-state index contributed by atoms with van der Waals surface area (Å²) in [6, 6.07) is 6.07. The lowest BCUT2D eigenvalue weighted by Gasteiger charge is -2.26. The smallest absolute Gasteiger partial charge is 0.242 e. The number of nitriles is 1. The third-order valence-electron chi connectivity index (χ3n) is 3.17. The number of morpholine rings is 1. The average molecular weight is 330 g/mol. The molecular formula is C13H16ClN3O3S. The molecule has 1 N–H and O–H groups in total. The zero-order chi connectivity index (χ0) is 15.3. The third-order valence-corrected chi connectivity index (χ3v) is 5.12. The van der Waals surface area contributed by atoms with Crippen LogP contribution >= 0.6 is 11.6 Å². The maximum absolute atomic E-state index is 12.2. The maximum atomic E-state index is 12.2. The molecule has 0 aromatic heterocycles. The molecule has 0 atom stereocenters. The first kappa shape index (κ1) is 16.2. The topological polar surface area (TPSA) is 82.4 Å². The molecule has 0 radical (unpaired) electrons. The van der Waals surface area contributed by atoms with Crippen LogP contribution in [-0.2, 0) is 14.8 Å².